The van der Waals surface area contributed by atoms with Crippen molar-refractivity contribution >= 4 is 14.1 Å². The topological polar surface area (TPSA) is 149 Å². The number of hydrogen-bond donors (Lipinski definition) is 2. The molecule has 0 aliphatic carbocycles. The van der Waals surface area contributed by atoms with Crippen molar-refractivity contribution in [1.29, 1.82) is 0 Å². The number of rotatable bonds is 11. The molecule has 0 radical (unpaired) electrons. The van der Waals surface area contributed by atoms with E-state index >= 15 is 4.39 Å². The number of halogens is 3. The first kappa shape index (κ1) is 28.5. The molecule has 1 saturated heterocycles. The number of alkyl halides is 3. The van der Waals surface area contributed by atoms with Crippen LogP contribution in [0.4, 0.5) is 13.2 Å². The van der Waals surface area contributed by atoms with Gasteiger partial charge in [0.05, 0.1) is 0 Å². The molecule has 6 atom stereocenters. The zero-order valence-electron chi connectivity index (χ0n) is 19.5. The van der Waals surface area contributed by atoms with Crippen molar-refractivity contribution in [3.05, 3.63) is 63.4 Å². The molecule has 1 fully saturated rings. The summed E-state index contributed by atoms with van der Waals surface area (Å²) in [5.41, 5.74) is -4.24. The molecule has 3 rings (SSSR count). The van der Waals surface area contributed by atoms with Crippen LogP contribution in [0.3, 0.4) is 0 Å². The predicted octanol–water partition coefficient (Wildman–Crippen LogP) is 1.69. The summed E-state index contributed by atoms with van der Waals surface area (Å²) in [7, 11) is -3.07. The second-order valence-electron chi connectivity index (χ2n) is 8.08. The Hall–Kier alpha value is -3.10. The van der Waals surface area contributed by atoms with Gasteiger partial charge in [-0.2, -0.15) is 0 Å². The standard InChI is InChI=1S/C21H23F3N3O9P/c1-12(18(30)33-11-15(22)23)27(36-13-6-4-3-5-7-13)37(32)34-10-14-17(29)21(2,24)19(35-14)26-9-8-16(28)25-20(26)31/h3-9,12,14-15,17,19,29H,10-11H2,1-2H3/p+1/t12?,14-,17-,19-,21-/m1/s1. The summed E-state index contributed by atoms with van der Waals surface area (Å²) < 4.78 is 69.0. The number of hydroxylamine groups is 1. The average Bonchev–Trinajstić information content (AvgIpc) is 3.08. The monoisotopic (exact) mass is 550 g/mol. The minimum atomic E-state index is -3.07. The normalized spacial score (nSPS) is 24.8. The van der Waals surface area contributed by atoms with E-state index in [1.807, 2.05) is 4.98 Å². The van der Waals surface area contributed by atoms with Gasteiger partial charge in [0.25, 0.3) is 12.0 Å². The fourth-order valence-electron chi connectivity index (χ4n) is 3.36. The number of aliphatic hydroxyl groups is 1. The van der Waals surface area contributed by atoms with Crippen LogP contribution in [0, 0.1) is 0 Å². The molecule has 1 aromatic carbocycles. The summed E-state index contributed by atoms with van der Waals surface area (Å²) >= 11 is 0. The van der Waals surface area contributed by atoms with E-state index < -0.39 is 75.2 Å². The summed E-state index contributed by atoms with van der Waals surface area (Å²) in [5.74, 6) is -1.07. The maximum atomic E-state index is 15.3. The van der Waals surface area contributed by atoms with Crippen molar-refractivity contribution < 1.29 is 46.5 Å². The number of para-hydroxylation sites is 1. The van der Waals surface area contributed by atoms with Gasteiger partial charge in [-0.1, -0.05) is 18.2 Å². The summed E-state index contributed by atoms with van der Waals surface area (Å²) in [5, 5.41) is 10.4. The van der Waals surface area contributed by atoms with Gasteiger partial charge in [0.2, 0.25) is 0 Å². The number of nitrogens with one attached hydrogen (secondary N) is 1. The SMILES string of the molecule is CC(C(=O)OCC(F)F)N(Oc1ccccc1)[P+](=O)OC[C@H]1O[C@@H](n2ccc(=O)[nH]c2=O)[C@](C)(F)[C@@H]1O. The molecule has 0 saturated carbocycles. The number of carbonyl (C=O) groups is 1. The van der Waals surface area contributed by atoms with Crippen LogP contribution in [0.25, 0.3) is 0 Å². The van der Waals surface area contributed by atoms with E-state index in [9.17, 15) is 32.8 Å². The van der Waals surface area contributed by atoms with E-state index in [1.54, 1.807) is 18.2 Å². The lowest BCUT2D eigenvalue weighted by atomic mass is 9.98. The third-order valence-corrected chi connectivity index (χ3v) is 6.42. The third kappa shape index (κ3) is 6.81. The number of aliphatic hydroxyl groups excluding tert-OH is 1. The van der Waals surface area contributed by atoms with Gasteiger partial charge in [0.15, 0.2) is 30.3 Å². The van der Waals surface area contributed by atoms with Crippen molar-refractivity contribution in [2.75, 3.05) is 13.2 Å². The first-order valence-corrected chi connectivity index (χ1v) is 12.0. The van der Waals surface area contributed by atoms with Crippen LogP contribution in [0.5, 0.6) is 5.75 Å². The Morgan fingerprint density at radius 2 is 1.97 bits per heavy atom. The van der Waals surface area contributed by atoms with Crippen LogP contribution in [-0.4, -0.2) is 69.0 Å². The maximum absolute atomic E-state index is 15.3. The maximum Gasteiger partial charge on any atom is 0.653 e. The van der Waals surface area contributed by atoms with Gasteiger partial charge < -0.3 is 19.4 Å². The average molecular weight is 550 g/mol. The number of aromatic nitrogens is 2. The molecule has 2 unspecified atom stereocenters. The second-order valence-corrected chi connectivity index (χ2v) is 9.21. The molecule has 12 nitrogen and oxygen atoms in total. The first-order chi connectivity index (χ1) is 17.4. The number of H-pyrrole nitrogens is 1. The molecule has 1 aromatic heterocycles. The molecule has 16 heteroatoms. The highest BCUT2D eigenvalue weighted by Gasteiger charge is 2.56. The largest absolute Gasteiger partial charge is 0.653 e. The minimum Gasteiger partial charge on any atom is -0.458 e. The molecule has 1 aliphatic rings. The van der Waals surface area contributed by atoms with Crippen LogP contribution in [-0.2, 0) is 23.4 Å². The van der Waals surface area contributed by atoms with Crippen LogP contribution in [0.15, 0.2) is 52.2 Å². The highest BCUT2D eigenvalue weighted by molar-refractivity contribution is 7.36. The smallest absolute Gasteiger partial charge is 0.458 e. The zero-order valence-corrected chi connectivity index (χ0v) is 20.4. The quantitative estimate of drug-likeness (QED) is 0.240. The fourth-order valence-corrected chi connectivity index (χ4v) is 4.28. The Labute approximate surface area is 208 Å². The number of ether oxygens (including phenoxy) is 2. The Kier molecular flexibility index (Phi) is 9.21. The summed E-state index contributed by atoms with van der Waals surface area (Å²) in [6.07, 6.45) is -6.92. The summed E-state index contributed by atoms with van der Waals surface area (Å²) in [6, 6.07) is 7.19. The lowest BCUT2D eigenvalue weighted by Crippen LogP contribution is -2.43. The number of esters is 1. The second kappa shape index (κ2) is 12.0. The lowest BCUT2D eigenvalue weighted by Gasteiger charge is -2.24. The number of carbonyl (C=O) groups excluding carboxylic acids is 1. The molecule has 0 bridgehead atoms. The van der Waals surface area contributed by atoms with Gasteiger partial charge in [-0.25, -0.2) is 18.0 Å². The van der Waals surface area contributed by atoms with E-state index in [-0.39, 0.29) is 5.75 Å². The zero-order chi connectivity index (χ0) is 27.3. The lowest BCUT2D eigenvalue weighted by molar-refractivity contribution is -0.159. The number of hydrogen-bond acceptors (Lipinski definition) is 9. The Morgan fingerprint density at radius 3 is 2.59 bits per heavy atom. The van der Waals surface area contributed by atoms with Gasteiger partial charge >= 0.3 is 19.8 Å². The van der Waals surface area contributed by atoms with Gasteiger partial charge in [-0.15, -0.1) is 4.52 Å². The van der Waals surface area contributed by atoms with E-state index in [2.05, 4.69) is 4.74 Å². The number of benzene rings is 1. The minimum absolute atomic E-state index is 0.119. The van der Waals surface area contributed by atoms with Gasteiger partial charge in [-0.3, -0.25) is 19.1 Å². The molecule has 0 amide bonds. The number of aromatic amines is 1. The third-order valence-electron chi connectivity index (χ3n) is 5.30. The molecule has 37 heavy (non-hydrogen) atoms. The van der Waals surface area contributed by atoms with Crippen LogP contribution >= 0.6 is 8.18 Å². The van der Waals surface area contributed by atoms with Crippen molar-refractivity contribution in [3.8, 4) is 5.75 Å². The van der Waals surface area contributed by atoms with Crippen LogP contribution in [0.2, 0.25) is 0 Å². The molecule has 0 spiro atoms. The molecular formula is C21H24F3N3O9P+. The van der Waals surface area contributed by atoms with Crippen molar-refractivity contribution in [2.45, 2.75) is 50.4 Å². The van der Waals surface area contributed by atoms with E-state index in [0.717, 1.165) is 23.8 Å². The Bertz CT molecular complexity index is 1210. The van der Waals surface area contributed by atoms with E-state index in [0.29, 0.717) is 4.83 Å². The highest BCUT2D eigenvalue weighted by Crippen LogP contribution is 2.42. The highest BCUT2D eigenvalue weighted by atomic mass is 31.1. The number of nitrogens with zero attached hydrogens (tertiary/aromatic N) is 2. The van der Waals surface area contributed by atoms with Crippen molar-refractivity contribution in [3.63, 3.8) is 0 Å². The fraction of sp³-hybridized carbons (Fsp3) is 0.476. The summed E-state index contributed by atoms with van der Waals surface area (Å²) in [6.45, 7) is 0.248. The van der Waals surface area contributed by atoms with Crippen LogP contribution < -0.4 is 16.1 Å². The molecular weight excluding hydrogens is 526 g/mol. The molecule has 2 aromatic rings. The molecule has 1 aliphatic heterocycles. The Morgan fingerprint density at radius 1 is 1.30 bits per heavy atom. The molecule has 2 heterocycles. The van der Waals surface area contributed by atoms with Gasteiger partial charge in [0.1, 0.15) is 23.6 Å². The van der Waals surface area contributed by atoms with E-state index in [4.69, 9.17) is 14.1 Å². The predicted molar refractivity (Wildman–Crippen MR) is 120 cm³/mol. The summed E-state index contributed by atoms with van der Waals surface area (Å²) in [4.78, 5) is 43.5. The van der Waals surface area contributed by atoms with Crippen molar-refractivity contribution in [2.24, 2.45) is 0 Å². The van der Waals surface area contributed by atoms with Crippen LogP contribution in [0.1, 0.15) is 20.1 Å². The molecule has 2 N–H and O–H groups in total. The van der Waals surface area contributed by atoms with E-state index in [1.165, 1.54) is 19.1 Å². The molecule has 202 valence electrons. The van der Waals surface area contributed by atoms with Gasteiger partial charge in [0, 0.05) is 12.3 Å². The first-order valence-electron chi connectivity index (χ1n) is 10.8. The van der Waals surface area contributed by atoms with Crippen molar-refractivity contribution in [1.82, 2.24) is 14.4 Å². The Balaban J connectivity index is 1.74. The van der Waals surface area contributed by atoms with Gasteiger partial charge in [-0.05, 0) is 30.5 Å².